The predicted molar refractivity (Wildman–Crippen MR) is 113 cm³/mol. The average Bonchev–Trinajstić information content (AvgIpc) is 2.77. The summed E-state index contributed by atoms with van der Waals surface area (Å²) in [6.45, 7) is 0.105. The number of hydrogen-bond acceptors (Lipinski definition) is 4. The van der Waals surface area contributed by atoms with Gasteiger partial charge < -0.3 is 9.47 Å². The van der Waals surface area contributed by atoms with Gasteiger partial charge in [0.2, 0.25) is 0 Å². The number of ether oxygens (including phenoxy) is 2. The quantitative estimate of drug-likeness (QED) is 0.364. The van der Waals surface area contributed by atoms with Crippen LogP contribution in [0.1, 0.15) is 5.56 Å². The minimum absolute atomic E-state index is 0.105. The zero-order chi connectivity index (χ0) is 23.3. The molecule has 0 saturated heterocycles. The maximum atomic E-state index is 12.6. The van der Waals surface area contributed by atoms with Crippen LogP contribution in [0, 0.1) is 0 Å². The van der Waals surface area contributed by atoms with Gasteiger partial charge in [-0.25, -0.2) is 4.79 Å². The monoisotopic (exact) mass is 463 g/mol. The standard InChI is InChI=1S/C23H17ClF3NO4/c1-31-22(30)21(29)28(14-15-2-8-18(24)9-3-15)19-10-4-16(5-11-19)17-6-12-20(13-7-17)32-23(25,26)27/h2-13H,14H2,1H3. The number of nitrogens with zero attached hydrogens (tertiary/aromatic N) is 1. The van der Waals surface area contributed by atoms with E-state index in [0.717, 1.165) is 12.7 Å². The Hall–Kier alpha value is -3.52. The Balaban J connectivity index is 1.84. The van der Waals surface area contributed by atoms with E-state index in [0.29, 0.717) is 21.8 Å². The van der Waals surface area contributed by atoms with E-state index in [2.05, 4.69) is 9.47 Å². The maximum Gasteiger partial charge on any atom is 0.573 e. The number of rotatable bonds is 5. The van der Waals surface area contributed by atoms with Gasteiger partial charge in [-0.2, -0.15) is 0 Å². The zero-order valence-electron chi connectivity index (χ0n) is 16.7. The molecule has 0 aliphatic carbocycles. The third-order valence-electron chi connectivity index (χ3n) is 4.46. The van der Waals surface area contributed by atoms with Gasteiger partial charge in [-0.1, -0.05) is 48.0 Å². The average molecular weight is 464 g/mol. The number of carbonyl (C=O) groups excluding carboxylic acids is 2. The van der Waals surface area contributed by atoms with Crippen molar-refractivity contribution in [2.24, 2.45) is 0 Å². The van der Waals surface area contributed by atoms with Crippen LogP contribution in [0.2, 0.25) is 5.02 Å². The van der Waals surface area contributed by atoms with Gasteiger partial charge in [0.25, 0.3) is 0 Å². The predicted octanol–water partition coefficient (Wildman–Crippen LogP) is 5.61. The van der Waals surface area contributed by atoms with Gasteiger partial charge in [-0.3, -0.25) is 9.69 Å². The highest BCUT2D eigenvalue weighted by atomic mass is 35.5. The summed E-state index contributed by atoms with van der Waals surface area (Å²) in [7, 11) is 1.12. The van der Waals surface area contributed by atoms with Crippen LogP contribution >= 0.6 is 11.6 Å². The first-order valence-corrected chi connectivity index (χ1v) is 9.64. The lowest BCUT2D eigenvalue weighted by Crippen LogP contribution is -2.36. The molecule has 3 aromatic rings. The van der Waals surface area contributed by atoms with Crippen molar-refractivity contribution < 1.29 is 32.2 Å². The van der Waals surface area contributed by atoms with Crippen LogP contribution < -0.4 is 9.64 Å². The fourth-order valence-electron chi connectivity index (χ4n) is 2.93. The summed E-state index contributed by atoms with van der Waals surface area (Å²) in [4.78, 5) is 25.7. The Morgan fingerprint density at radius 3 is 1.91 bits per heavy atom. The van der Waals surface area contributed by atoms with Crippen molar-refractivity contribution in [1.82, 2.24) is 0 Å². The van der Waals surface area contributed by atoms with E-state index in [1.54, 1.807) is 48.5 Å². The molecule has 0 aromatic heterocycles. The molecular weight excluding hydrogens is 447 g/mol. The Kier molecular flexibility index (Phi) is 7.05. The Bertz CT molecular complexity index is 1080. The molecule has 0 aliphatic rings. The number of halogens is 4. The molecule has 0 N–H and O–H groups in total. The van der Waals surface area contributed by atoms with Crippen molar-refractivity contribution in [3.05, 3.63) is 83.4 Å². The van der Waals surface area contributed by atoms with Crippen LogP contribution in [-0.2, 0) is 20.9 Å². The normalized spacial score (nSPS) is 11.0. The molecule has 0 heterocycles. The van der Waals surface area contributed by atoms with Gasteiger partial charge >= 0.3 is 18.2 Å². The van der Waals surface area contributed by atoms with Crippen LogP contribution in [0.4, 0.5) is 18.9 Å². The minimum Gasteiger partial charge on any atom is -0.462 e. The highest BCUT2D eigenvalue weighted by molar-refractivity contribution is 6.38. The molecule has 0 saturated carbocycles. The lowest BCUT2D eigenvalue weighted by Gasteiger charge is -2.22. The summed E-state index contributed by atoms with van der Waals surface area (Å²) >= 11 is 5.90. The molecule has 0 fully saturated rings. The van der Waals surface area contributed by atoms with Gasteiger partial charge in [0.15, 0.2) is 0 Å². The first-order chi connectivity index (χ1) is 15.2. The Morgan fingerprint density at radius 1 is 0.875 bits per heavy atom. The van der Waals surface area contributed by atoms with Crippen LogP contribution in [0.5, 0.6) is 5.75 Å². The van der Waals surface area contributed by atoms with Crippen molar-refractivity contribution in [3.63, 3.8) is 0 Å². The van der Waals surface area contributed by atoms with Gasteiger partial charge in [0.1, 0.15) is 5.75 Å². The van der Waals surface area contributed by atoms with Gasteiger partial charge in [0.05, 0.1) is 13.7 Å². The lowest BCUT2D eigenvalue weighted by atomic mass is 10.0. The Labute approximate surface area is 186 Å². The van der Waals surface area contributed by atoms with Crippen LogP contribution in [0.15, 0.2) is 72.8 Å². The molecule has 3 rings (SSSR count). The number of hydrogen-bond donors (Lipinski definition) is 0. The molecular formula is C23H17ClF3NO4. The van der Waals surface area contributed by atoms with Crippen LogP contribution in [-0.4, -0.2) is 25.3 Å². The fraction of sp³-hybridized carbons (Fsp3) is 0.130. The molecule has 0 aliphatic heterocycles. The van der Waals surface area contributed by atoms with E-state index in [1.165, 1.54) is 29.2 Å². The molecule has 5 nitrogen and oxygen atoms in total. The third-order valence-corrected chi connectivity index (χ3v) is 4.71. The summed E-state index contributed by atoms with van der Waals surface area (Å²) < 4.78 is 45.4. The second-order valence-electron chi connectivity index (χ2n) is 6.63. The number of benzene rings is 3. The Morgan fingerprint density at radius 2 is 1.41 bits per heavy atom. The van der Waals surface area contributed by atoms with Gasteiger partial charge in [-0.05, 0) is 53.1 Å². The summed E-state index contributed by atoms with van der Waals surface area (Å²) in [5, 5.41) is 0.538. The molecule has 0 atom stereocenters. The SMILES string of the molecule is COC(=O)C(=O)N(Cc1ccc(Cl)cc1)c1ccc(-c2ccc(OC(F)(F)F)cc2)cc1. The number of methoxy groups -OCH3 is 1. The topological polar surface area (TPSA) is 55.8 Å². The summed E-state index contributed by atoms with van der Waals surface area (Å²) in [6, 6.07) is 18.9. The van der Waals surface area contributed by atoms with Crippen molar-refractivity contribution >= 4 is 29.2 Å². The summed E-state index contributed by atoms with van der Waals surface area (Å²) in [5.74, 6) is -2.18. The van der Waals surface area contributed by atoms with E-state index in [1.807, 2.05) is 0 Å². The molecule has 0 radical (unpaired) electrons. The number of anilines is 1. The first-order valence-electron chi connectivity index (χ1n) is 9.27. The van der Waals surface area contributed by atoms with E-state index >= 15 is 0 Å². The van der Waals surface area contributed by atoms with Crippen molar-refractivity contribution in [2.45, 2.75) is 12.9 Å². The van der Waals surface area contributed by atoms with Crippen LogP contribution in [0.3, 0.4) is 0 Å². The summed E-state index contributed by atoms with van der Waals surface area (Å²) in [5.41, 5.74) is 2.53. The molecule has 32 heavy (non-hydrogen) atoms. The highest BCUT2D eigenvalue weighted by Crippen LogP contribution is 2.28. The number of carbonyl (C=O) groups is 2. The first kappa shape index (κ1) is 23.1. The van der Waals surface area contributed by atoms with E-state index < -0.39 is 18.2 Å². The van der Waals surface area contributed by atoms with Crippen LogP contribution in [0.25, 0.3) is 11.1 Å². The highest BCUT2D eigenvalue weighted by Gasteiger charge is 2.31. The number of esters is 1. The zero-order valence-corrected chi connectivity index (χ0v) is 17.5. The number of alkyl halides is 3. The van der Waals surface area contributed by atoms with Crippen molar-refractivity contribution in [2.75, 3.05) is 12.0 Å². The fourth-order valence-corrected chi connectivity index (χ4v) is 3.06. The largest absolute Gasteiger partial charge is 0.573 e. The number of amides is 1. The molecule has 0 bridgehead atoms. The molecule has 0 spiro atoms. The minimum atomic E-state index is -4.76. The van der Waals surface area contributed by atoms with E-state index in [9.17, 15) is 22.8 Å². The summed E-state index contributed by atoms with van der Waals surface area (Å²) in [6.07, 6.45) is -4.76. The lowest BCUT2D eigenvalue weighted by molar-refractivity contribution is -0.274. The molecule has 166 valence electrons. The van der Waals surface area contributed by atoms with E-state index in [4.69, 9.17) is 11.6 Å². The third kappa shape index (κ3) is 6.01. The molecule has 3 aromatic carbocycles. The maximum absolute atomic E-state index is 12.6. The van der Waals surface area contributed by atoms with Crippen molar-refractivity contribution in [1.29, 1.82) is 0 Å². The second-order valence-corrected chi connectivity index (χ2v) is 7.06. The van der Waals surface area contributed by atoms with Crippen molar-refractivity contribution in [3.8, 4) is 16.9 Å². The molecule has 1 amide bonds. The van der Waals surface area contributed by atoms with Gasteiger partial charge in [-0.15, -0.1) is 13.2 Å². The molecule has 9 heteroatoms. The second kappa shape index (κ2) is 9.74. The van der Waals surface area contributed by atoms with E-state index in [-0.39, 0.29) is 12.3 Å². The smallest absolute Gasteiger partial charge is 0.462 e. The molecule has 0 unspecified atom stereocenters. The van der Waals surface area contributed by atoms with Gasteiger partial charge in [0, 0.05) is 10.7 Å².